The van der Waals surface area contributed by atoms with Crippen molar-refractivity contribution in [3.8, 4) is 0 Å². The van der Waals surface area contributed by atoms with E-state index in [0.29, 0.717) is 6.54 Å². The zero-order chi connectivity index (χ0) is 14.5. The molecule has 0 aliphatic carbocycles. The van der Waals surface area contributed by atoms with Crippen molar-refractivity contribution in [2.45, 2.75) is 13.3 Å². The molecule has 2 N–H and O–H groups in total. The quantitative estimate of drug-likeness (QED) is 0.886. The predicted octanol–water partition coefficient (Wildman–Crippen LogP) is 3.37. The minimum Gasteiger partial charge on any atom is -0.354 e. The normalized spacial score (nSPS) is 10.4. The molecule has 1 heterocycles. The minimum absolute atomic E-state index is 0.0353. The predicted molar refractivity (Wildman–Crippen MR) is 73.3 cm³/mol. The molecular formula is C12H12ClF2N5. The summed E-state index contributed by atoms with van der Waals surface area (Å²) in [4.78, 5) is 11.7. The number of nitrogens with one attached hydrogen (secondary N) is 2. The van der Waals surface area contributed by atoms with E-state index in [-0.39, 0.29) is 22.9 Å². The van der Waals surface area contributed by atoms with E-state index in [4.69, 9.17) is 11.6 Å². The zero-order valence-electron chi connectivity index (χ0n) is 10.6. The Morgan fingerprint density at radius 1 is 1.15 bits per heavy atom. The summed E-state index contributed by atoms with van der Waals surface area (Å²) >= 11 is 5.76. The van der Waals surface area contributed by atoms with Crippen molar-refractivity contribution >= 4 is 29.2 Å². The van der Waals surface area contributed by atoms with Crippen LogP contribution in [0.15, 0.2) is 18.2 Å². The second-order valence-electron chi connectivity index (χ2n) is 3.90. The second kappa shape index (κ2) is 6.42. The van der Waals surface area contributed by atoms with E-state index in [1.807, 2.05) is 6.92 Å². The van der Waals surface area contributed by atoms with Gasteiger partial charge < -0.3 is 10.6 Å². The molecule has 0 aliphatic heterocycles. The average molecular weight is 300 g/mol. The summed E-state index contributed by atoms with van der Waals surface area (Å²) in [6, 6.07) is 3.77. The largest absolute Gasteiger partial charge is 0.354 e. The van der Waals surface area contributed by atoms with Crippen LogP contribution in [-0.2, 0) is 0 Å². The lowest BCUT2D eigenvalue weighted by Gasteiger charge is -2.08. The Morgan fingerprint density at radius 2 is 1.90 bits per heavy atom. The van der Waals surface area contributed by atoms with Crippen LogP contribution in [0.25, 0.3) is 0 Å². The van der Waals surface area contributed by atoms with Crippen LogP contribution in [0.2, 0.25) is 5.28 Å². The number of nitrogens with zero attached hydrogens (tertiary/aromatic N) is 3. The zero-order valence-corrected chi connectivity index (χ0v) is 11.4. The third-order valence-corrected chi connectivity index (χ3v) is 2.51. The lowest BCUT2D eigenvalue weighted by Crippen LogP contribution is -2.08. The van der Waals surface area contributed by atoms with Gasteiger partial charge in [0.25, 0.3) is 0 Å². The Labute approximate surface area is 119 Å². The fourth-order valence-electron chi connectivity index (χ4n) is 1.44. The highest BCUT2D eigenvalue weighted by Gasteiger charge is 2.10. The van der Waals surface area contributed by atoms with E-state index in [2.05, 4.69) is 25.6 Å². The summed E-state index contributed by atoms with van der Waals surface area (Å²) in [6.07, 6.45) is 0.880. The van der Waals surface area contributed by atoms with Crippen LogP contribution >= 0.6 is 11.6 Å². The van der Waals surface area contributed by atoms with Gasteiger partial charge in [0.15, 0.2) is 11.6 Å². The molecule has 0 amide bonds. The topological polar surface area (TPSA) is 62.7 Å². The molecule has 0 bridgehead atoms. The first-order chi connectivity index (χ1) is 9.60. The molecule has 20 heavy (non-hydrogen) atoms. The Balaban J connectivity index is 2.24. The summed E-state index contributed by atoms with van der Waals surface area (Å²) in [6.45, 7) is 2.64. The van der Waals surface area contributed by atoms with Crippen molar-refractivity contribution in [3.05, 3.63) is 35.1 Å². The van der Waals surface area contributed by atoms with E-state index in [1.54, 1.807) is 0 Å². The highest BCUT2D eigenvalue weighted by molar-refractivity contribution is 6.28. The van der Waals surface area contributed by atoms with Crippen LogP contribution in [0.1, 0.15) is 13.3 Å². The SMILES string of the molecule is CCCNc1nc(Cl)nc(Nc2cccc(F)c2F)n1. The number of aromatic nitrogens is 3. The average Bonchev–Trinajstić information content (AvgIpc) is 2.41. The summed E-state index contributed by atoms with van der Waals surface area (Å²) in [5, 5.41) is 5.46. The van der Waals surface area contributed by atoms with Crippen LogP contribution in [-0.4, -0.2) is 21.5 Å². The standard InChI is InChI=1S/C12H12ClF2N5/c1-2-6-16-11-18-10(13)19-12(20-11)17-8-5-3-4-7(14)9(8)15/h3-5H,2,6H2,1H3,(H2,16,17,18,19,20). The summed E-state index contributed by atoms with van der Waals surface area (Å²) in [5.41, 5.74) is -0.0753. The van der Waals surface area contributed by atoms with Gasteiger partial charge in [-0.25, -0.2) is 8.78 Å². The lowest BCUT2D eigenvalue weighted by molar-refractivity contribution is 0.511. The molecule has 0 aliphatic rings. The Bertz CT molecular complexity index is 608. The molecule has 1 aromatic carbocycles. The maximum Gasteiger partial charge on any atom is 0.233 e. The first kappa shape index (κ1) is 14.4. The van der Waals surface area contributed by atoms with E-state index >= 15 is 0 Å². The van der Waals surface area contributed by atoms with Crippen LogP contribution in [0, 0.1) is 11.6 Å². The van der Waals surface area contributed by atoms with Crippen LogP contribution in [0.3, 0.4) is 0 Å². The summed E-state index contributed by atoms with van der Waals surface area (Å²) < 4.78 is 26.6. The molecular weight excluding hydrogens is 288 g/mol. The highest BCUT2D eigenvalue weighted by atomic mass is 35.5. The maximum absolute atomic E-state index is 13.5. The van der Waals surface area contributed by atoms with Gasteiger partial charge in [-0.2, -0.15) is 15.0 Å². The van der Waals surface area contributed by atoms with Crippen molar-refractivity contribution in [1.82, 2.24) is 15.0 Å². The number of hydrogen-bond acceptors (Lipinski definition) is 5. The van der Waals surface area contributed by atoms with Crippen molar-refractivity contribution in [2.24, 2.45) is 0 Å². The maximum atomic E-state index is 13.5. The third-order valence-electron chi connectivity index (χ3n) is 2.34. The monoisotopic (exact) mass is 299 g/mol. The highest BCUT2D eigenvalue weighted by Crippen LogP contribution is 2.20. The van der Waals surface area contributed by atoms with Gasteiger partial charge in [-0.3, -0.25) is 0 Å². The van der Waals surface area contributed by atoms with Gasteiger partial charge in [0, 0.05) is 6.54 Å². The van der Waals surface area contributed by atoms with E-state index < -0.39 is 11.6 Å². The molecule has 0 saturated carbocycles. The first-order valence-corrected chi connectivity index (χ1v) is 6.34. The lowest BCUT2D eigenvalue weighted by atomic mass is 10.3. The van der Waals surface area contributed by atoms with Crippen molar-refractivity contribution < 1.29 is 8.78 Å². The number of anilines is 3. The molecule has 5 nitrogen and oxygen atoms in total. The smallest absolute Gasteiger partial charge is 0.233 e. The van der Waals surface area contributed by atoms with Gasteiger partial charge in [0.1, 0.15) is 0 Å². The van der Waals surface area contributed by atoms with Crippen LogP contribution in [0.4, 0.5) is 26.4 Å². The molecule has 2 aromatic rings. The van der Waals surface area contributed by atoms with Crippen molar-refractivity contribution in [2.75, 3.05) is 17.2 Å². The minimum atomic E-state index is -1.01. The van der Waals surface area contributed by atoms with E-state index in [1.165, 1.54) is 12.1 Å². The fraction of sp³-hybridized carbons (Fsp3) is 0.250. The molecule has 2 rings (SSSR count). The molecule has 0 spiro atoms. The van der Waals surface area contributed by atoms with Crippen LogP contribution < -0.4 is 10.6 Å². The fourth-order valence-corrected chi connectivity index (χ4v) is 1.60. The molecule has 106 valence electrons. The van der Waals surface area contributed by atoms with Gasteiger partial charge in [0.2, 0.25) is 17.2 Å². The number of rotatable bonds is 5. The van der Waals surface area contributed by atoms with Gasteiger partial charge in [0.05, 0.1) is 5.69 Å². The molecule has 0 fully saturated rings. The van der Waals surface area contributed by atoms with Crippen molar-refractivity contribution in [1.29, 1.82) is 0 Å². The molecule has 0 radical (unpaired) electrons. The van der Waals surface area contributed by atoms with E-state index in [0.717, 1.165) is 12.5 Å². The van der Waals surface area contributed by atoms with Gasteiger partial charge in [-0.15, -0.1) is 0 Å². The molecule has 0 saturated heterocycles. The third kappa shape index (κ3) is 3.51. The van der Waals surface area contributed by atoms with Gasteiger partial charge in [-0.05, 0) is 30.2 Å². The van der Waals surface area contributed by atoms with Crippen LogP contribution in [0.5, 0.6) is 0 Å². The second-order valence-corrected chi connectivity index (χ2v) is 4.24. The molecule has 0 unspecified atom stereocenters. The Hall–Kier alpha value is -2.02. The summed E-state index contributed by atoms with van der Waals surface area (Å²) in [5.74, 6) is -1.66. The van der Waals surface area contributed by atoms with E-state index in [9.17, 15) is 8.78 Å². The van der Waals surface area contributed by atoms with Gasteiger partial charge >= 0.3 is 0 Å². The molecule has 1 aromatic heterocycles. The number of halogens is 3. The number of benzene rings is 1. The summed E-state index contributed by atoms with van der Waals surface area (Å²) in [7, 11) is 0. The first-order valence-electron chi connectivity index (χ1n) is 5.96. The van der Waals surface area contributed by atoms with Gasteiger partial charge in [-0.1, -0.05) is 13.0 Å². The Kier molecular flexibility index (Phi) is 4.62. The molecule has 8 heteroatoms. The Morgan fingerprint density at radius 3 is 2.65 bits per heavy atom. The number of hydrogen-bond donors (Lipinski definition) is 2. The molecule has 0 atom stereocenters. The van der Waals surface area contributed by atoms with Crippen molar-refractivity contribution in [3.63, 3.8) is 0 Å².